The summed E-state index contributed by atoms with van der Waals surface area (Å²) in [7, 11) is 0. The van der Waals surface area contributed by atoms with E-state index >= 15 is 0 Å². The van der Waals surface area contributed by atoms with Crippen molar-refractivity contribution in [2.24, 2.45) is 0 Å². The third-order valence-electron chi connectivity index (χ3n) is 2.15. The minimum atomic E-state index is -0.152. The zero-order valence-electron chi connectivity index (χ0n) is 10.9. The first-order valence-electron chi connectivity index (χ1n) is 5.32. The van der Waals surface area contributed by atoms with Crippen molar-refractivity contribution >= 4 is 17.3 Å². The van der Waals surface area contributed by atoms with Crippen molar-refractivity contribution in [3.63, 3.8) is 0 Å². The van der Waals surface area contributed by atoms with Gasteiger partial charge in [0.1, 0.15) is 0 Å². The van der Waals surface area contributed by atoms with Crippen LogP contribution in [0.25, 0.3) is 0 Å². The lowest BCUT2D eigenvalue weighted by Crippen LogP contribution is -2.03. The predicted octanol–water partition coefficient (Wildman–Crippen LogP) is 2.82. The van der Waals surface area contributed by atoms with Crippen molar-refractivity contribution in [2.75, 3.05) is 0 Å². The third-order valence-corrected chi connectivity index (χ3v) is 2.15. The molecule has 4 nitrogen and oxygen atoms in total. The highest BCUT2D eigenvalue weighted by molar-refractivity contribution is 6.04. The largest absolute Gasteiger partial charge is 0.295 e. The summed E-state index contributed by atoms with van der Waals surface area (Å²) in [6.45, 7) is 5.65. The second-order valence-corrected chi connectivity index (χ2v) is 3.69. The van der Waals surface area contributed by atoms with Gasteiger partial charge in [0.05, 0.1) is 6.07 Å². The first kappa shape index (κ1) is 15.7. The Morgan fingerprint density at radius 1 is 0.833 bits per heavy atom. The van der Waals surface area contributed by atoms with Crippen LogP contribution in [0.2, 0.25) is 0 Å². The van der Waals surface area contributed by atoms with Gasteiger partial charge < -0.3 is 0 Å². The normalized spacial score (nSPS) is 8.61. The summed E-state index contributed by atoms with van der Waals surface area (Å²) in [5.41, 5.74) is 1.19. The van der Waals surface area contributed by atoms with Gasteiger partial charge in [0.2, 0.25) is 0 Å². The number of carbonyl (C=O) groups excluding carboxylic acids is 3. The van der Waals surface area contributed by atoms with Crippen molar-refractivity contribution in [1.29, 1.82) is 5.26 Å². The molecule has 0 fully saturated rings. The van der Waals surface area contributed by atoms with Crippen molar-refractivity contribution in [3.05, 3.63) is 34.9 Å². The fraction of sp³-hybridized carbons (Fsp3) is 0.286. The molecule has 1 rings (SSSR count). The molecule has 1 aromatic carbocycles. The minimum absolute atomic E-state index is 0.152. The fourth-order valence-corrected chi connectivity index (χ4v) is 1.24. The summed E-state index contributed by atoms with van der Waals surface area (Å²) >= 11 is 0. The second-order valence-electron chi connectivity index (χ2n) is 3.69. The molecule has 0 aliphatic carbocycles. The van der Waals surface area contributed by atoms with Crippen LogP contribution >= 0.6 is 0 Å². The van der Waals surface area contributed by atoms with Gasteiger partial charge in [-0.25, -0.2) is 0 Å². The Morgan fingerprint density at radius 2 is 1.00 bits per heavy atom. The van der Waals surface area contributed by atoms with E-state index in [0.29, 0.717) is 16.7 Å². The average Bonchev–Trinajstić information content (AvgIpc) is 2.29. The summed E-state index contributed by atoms with van der Waals surface area (Å²) in [6, 6.07) is 6.28. The molecule has 0 aliphatic rings. The summed E-state index contributed by atoms with van der Waals surface area (Å²) < 4.78 is 0. The number of hydrogen-bond donors (Lipinski definition) is 0. The number of hydrogen-bond acceptors (Lipinski definition) is 4. The molecule has 1 aromatic rings. The van der Waals surface area contributed by atoms with Crippen LogP contribution in [0.15, 0.2) is 18.2 Å². The SMILES string of the molecule is CC#N.CC(=O)c1cc(C(C)=O)cc(C(C)=O)c1. The van der Waals surface area contributed by atoms with Crippen molar-refractivity contribution in [3.8, 4) is 6.07 Å². The van der Waals surface area contributed by atoms with E-state index in [0.717, 1.165) is 0 Å². The fourth-order valence-electron chi connectivity index (χ4n) is 1.24. The topological polar surface area (TPSA) is 75.0 Å². The lowest BCUT2D eigenvalue weighted by atomic mass is 10.00. The molecule has 0 heterocycles. The van der Waals surface area contributed by atoms with Gasteiger partial charge in [0.15, 0.2) is 17.3 Å². The zero-order valence-corrected chi connectivity index (χ0v) is 10.9. The van der Waals surface area contributed by atoms with Crippen LogP contribution in [0.5, 0.6) is 0 Å². The molecular formula is C14H15NO3. The molecule has 0 radical (unpaired) electrons. The van der Waals surface area contributed by atoms with Crippen LogP contribution in [-0.2, 0) is 0 Å². The van der Waals surface area contributed by atoms with Crippen LogP contribution < -0.4 is 0 Å². The van der Waals surface area contributed by atoms with Crippen LogP contribution in [0, 0.1) is 11.3 Å². The van der Waals surface area contributed by atoms with E-state index in [4.69, 9.17) is 5.26 Å². The van der Waals surface area contributed by atoms with Crippen LogP contribution in [-0.4, -0.2) is 17.3 Å². The lowest BCUT2D eigenvalue weighted by Gasteiger charge is -2.03. The van der Waals surface area contributed by atoms with Gasteiger partial charge in [-0.05, 0) is 39.0 Å². The summed E-state index contributed by atoms with van der Waals surface area (Å²) in [4.78, 5) is 33.5. The smallest absolute Gasteiger partial charge is 0.159 e. The molecule has 0 saturated heterocycles. The number of rotatable bonds is 3. The molecule has 94 valence electrons. The molecule has 0 amide bonds. The van der Waals surface area contributed by atoms with Gasteiger partial charge in [0.25, 0.3) is 0 Å². The number of nitrogens with zero attached hydrogens (tertiary/aromatic N) is 1. The molecule has 0 spiro atoms. The molecule has 18 heavy (non-hydrogen) atoms. The highest BCUT2D eigenvalue weighted by atomic mass is 16.1. The predicted molar refractivity (Wildman–Crippen MR) is 67.7 cm³/mol. The van der Waals surface area contributed by atoms with E-state index in [2.05, 4.69) is 0 Å². The Morgan fingerprint density at radius 3 is 1.11 bits per heavy atom. The van der Waals surface area contributed by atoms with Gasteiger partial charge in [-0.2, -0.15) is 5.26 Å². The molecule has 4 heteroatoms. The van der Waals surface area contributed by atoms with E-state index in [1.54, 1.807) is 6.07 Å². The van der Waals surface area contributed by atoms with E-state index in [9.17, 15) is 14.4 Å². The highest BCUT2D eigenvalue weighted by Crippen LogP contribution is 2.12. The summed E-state index contributed by atoms with van der Waals surface area (Å²) in [5.74, 6) is -0.457. The molecule has 0 unspecified atom stereocenters. The van der Waals surface area contributed by atoms with Gasteiger partial charge in [0, 0.05) is 23.6 Å². The second kappa shape index (κ2) is 7.13. The van der Waals surface area contributed by atoms with Crippen molar-refractivity contribution in [2.45, 2.75) is 27.7 Å². The Bertz CT molecular complexity index is 445. The summed E-state index contributed by atoms with van der Waals surface area (Å²) in [5, 5.41) is 7.32. The van der Waals surface area contributed by atoms with E-state index in [1.165, 1.54) is 45.9 Å². The Kier molecular flexibility index (Phi) is 6.22. The maximum absolute atomic E-state index is 11.2. The van der Waals surface area contributed by atoms with Gasteiger partial charge in [-0.3, -0.25) is 14.4 Å². The number of ketones is 3. The van der Waals surface area contributed by atoms with Crippen LogP contribution in [0.4, 0.5) is 0 Å². The van der Waals surface area contributed by atoms with E-state index in [-0.39, 0.29) is 17.3 Å². The quantitative estimate of drug-likeness (QED) is 0.767. The maximum Gasteiger partial charge on any atom is 0.159 e. The van der Waals surface area contributed by atoms with E-state index in [1.807, 2.05) is 0 Å². The molecule has 0 aliphatic heterocycles. The van der Waals surface area contributed by atoms with E-state index < -0.39 is 0 Å². The molecule has 0 atom stereocenters. The zero-order chi connectivity index (χ0) is 14.3. The van der Waals surface area contributed by atoms with Crippen LogP contribution in [0.1, 0.15) is 58.8 Å². The summed E-state index contributed by atoms with van der Waals surface area (Å²) in [6.07, 6.45) is 0. The lowest BCUT2D eigenvalue weighted by molar-refractivity contribution is 0.101. The highest BCUT2D eigenvalue weighted by Gasteiger charge is 2.09. The molecular weight excluding hydrogens is 230 g/mol. The first-order chi connectivity index (χ1) is 8.33. The molecule has 0 N–H and O–H groups in total. The Labute approximate surface area is 106 Å². The average molecular weight is 245 g/mol. The van der Waals surface area contributed by atoms with Gasteiger partial charge in [-0.1, -0.05) is 0 Å². The maximum atomic E-state index is 11.2. The molecule has 0 bridgehead atoms. The number of carbonyl (C=O) groups is 3. The monoisotopic (exact) mass is 245 g/mol. The Balaban J connectivity index is 0.000000873. The minimum Gasteiger partial charge on any atom is -0.295 e. The standard InChI is InChI=1S/C12H12O3.C2H3N/c1-7(13)10-4-11(8(2)14)6-12(5-10)9(3)15;1-2-3/h4-6H,1-3H3;1H3. The van der Waals surface area contributed by atoms with Gasteiger partial charge in [-0.15, -0.1) is 0 Å². The molecule has 0 saturated carbocycles. The van der Waals surface area contributed by atoms with Crippen molar-refractivity contribution < 1.29 is 14.4 Å². The van der Waals surface area contributed by atoms with Gasteiger partial charge >= 0.3 is 0 Å². The number of benzene rings is 1. The number of nitriles is 1. The third kappa shape index (κ3) is 4.71. The number of Topliss-reactive ketones (excluding diaryl/α,β-unsaturated/α-hetero) is 3. The van der Waals surface area contributed by atoms with Crippen LogP contribution in [0.3, 0.4) is 0 Å². The van der Waals surface area contributed by atoms with Crippen molar-refractivity contribution in [1.82, 2.24) is 0 Å². The Hall–Kier alpha value is -2.28. The molecule has 0 aromatic heterocycles. The first-order valence-corrected chi connectivity index (χ1v) is 5.32.